The van der Waals surface area contributed by atoms with Crippen molar-refractivity contribution < 1.29 is 0 Å². The average Bonchev–Trinajstić information content (AvgIpc) is 2.46. The molecule has 0 aliphatic heterocycles. The fraction of sp³-hybridized carbons (Fsp3) is 0.688. The van der Waals surface area contributed by atoms with Gasteiger partial charge in [0.05, 0.1) is 0 Å². The molecule has 3 nitrogen and oxygen atoms in total. The third-order valence-corrected chi connectivity index (χ3v) is 3.94. The summed E-state index contributed by atoms with van der Waals surface area (Å²) in [4.78, 5) is 7.00. The molecule has 0 aromatic carbocycles. The van der Waals surface area contributed by atoms with Crippen molar-refractivity contribution in [3.63, 3.8) is 0 Å². The van der Waals surface area contributed by atoms with Crippen molar-refractivity contribution in [2.75, 3.05) is 30.4 Å². The van der Waals surface area contributed by atoms with Gasteiger partial charge in [-0.1, -0.05) is 32.3 Å². The SMILES string of the molecule is CCCNc1cccc(N(C)CC2CCCCC2)n1. The lowest BCUT2D eigenvalue weighted by molar-refractivity contribution is 0.361. The quantitative estimate of drug-likeness (QED) is 0.841. The Morgan fingerprint density at radius 2 is 2.05 bits per heavy atom. The molecular formula is C16H27N3. The van der Waals surface area contributed by atoms with Crippen molar-refractivity contribution in [1.82, 2.24) is 4.98 Å². The van der Waals surface area contributed by atoms with Crippen molar-refractivity contribution in [2.45, 2.75) is 45.4 Å². The third-order valence-electron chi connectivity index (χ3n) is 3.94. The van der Waals surface area contributed by atoms with E-state index in [4.69, 9.17) is 4.98 Å². The van der Waals surface area contributed by atoms with Crippen LogP contribution in [0.3, 0.4) is 0 Å². The second kappa shape index (κ2) is 7.37. The van der Waals surface area contributed by atoms with Crippen LogP contribution in [0.15, 0.2) is 18.2 Å². The number of hydrogen-bond donors (Lipinski definition) is 1. The molecule has 1 heterocycles. The summed E-state index contributed by atoms with van der Waals surface area (Å²) in [6.07, 6.45) is 8.14. The molecule has 0 bridgehead atoms. The van der Waals surface area contributed by atoms with Crippen LogP contribution in [-0.4, -0.2) is 25.1 Å². The van der Waals surface area contributed by atoms with Crippen LogP contribution in [0.4, 0.5) is 11.6 Å². The molecule has 1 fully saturated rings. The molecule has 3 heteroatoms. The zero-order valence-electron chi connectivity index (χ0n) is 12.4. The van der Waals surface area contributed by atoms with Crippen molar-refractivity contribution in [3.05, 3.63) is 18.2 Å². The molecule has 0 saturated heterocycles. The van der Waals surface area contributed by atoms with E-state index in [0.29, 0.717) is 0 Å². The molecule has 0 atom stereocenters. The zero-order chi connectivity index (χ0) is 13.5. The summed E-state index contributed by atoms with van der Waals surface area (Å²) in [6.45, 7) is 4.30. The zero-order valence-corrected chi connectivity index (χ0v) is 12.4. The van der Waals surface area contributed by atoms with Gasteiger partial charge in [0.15, 0.2) is 0 Å². The van der Waals surface area contributed by atoms with Gasteiger partial charge in [-0.25, -0.2) is 4.98 Å². The molecule has 1 aromatic rings. The minimum Gasteiger partial charge on any atom is -0.370 e. The van der Waals surface area contributed by atoms with Gasteiger partial charge in [0, 0.05) is 20.1 Å². The largest absolute Gasteiger partial charge is 0.370 e. The summed E-state index contributed by atoms with van der Waals surface area (Å²) < 4.78 is 0. The molecule has 2 rings (SSSR count). The van der Waals surface area contributed by atoms with Gasteiger partial charge in [-0.3, -0.25) is 0 Å². The van der Waals surface area contributed by atoms with E-state index >= 15 is 0 Å². The number of aromatic nitrogens is 1. The summed E-state index contributed by atoms with van der Waals surface area (Å²) in [7, 11) is 2.17. The van der Waals surface area contributed by atoms with E-state index in [1.165, 1.54) is 32.1 Å². The lowest BCUT2D eigenvalue weighted by Gasteiger charge is -2.27. The standard InChI is InChI=1S/C16H27N3/c1-3-12-17-15-10-7-11-16(18-15)19(2)13-14-8-5-4-6-9-14/h7,10-11,14H,3-6,8-9,12-13H2,1-2H3,(H,17,18). The highest BCUT2D eigenvalue weighted by atomic mass is 15.2. The molecule has 0 spiro atoms. The van der Waals surface area contributed by atoms with Crippen molar-refractivity contribution in [2.24, 2.45) is 5.92 Å². The van der Waals surface area contributed by atoms with E-state index in [2.05, 4.69) is 36.3 Å². The predicted molar refractivity (Wildman–Crippen MR) is 82.9 cm³/mol. The molecule has 1 aliphatic carbocycles. The van der Waals surface area contributed by atoms with Gasteiger partial charge in [-0.15, -0.1) is 0 Å². The topological polar surface area (TPSA) is 28.2 Å². The van der Waals surface area contributed by atoms with E-state index < -0.39 is 0 Å². The van der Waals surface area contributed by atoms with Gasteiger partial charge in [-0.05, 0) is 37.3 Å². The van der Waals surface area contributed by atoms with Gasteiger partial charge >= 0.3 is 0 Å². The monoisotopic (exact) mass is 261 g/mol. The maximum atomic E-state index is 4.69. The molecule has 106 valence electrons. The molecule has 19 heavy (non-hydrogen) atoms. The number of pyridine rings is 1. The van der Waals surface area contributed by atoms with Crippen LogP contribution < -0.4 is 10.2 Å². The highest BCUT2D eigenvalue weighted by molar-refractivity contribution is 5.46. The summed E-state index contributed by atoms with van der Waals surface area (Å²) in [5, 5.41) is 3.36. The van der Waals surface area contributed by atoms with Crippen LogP contribution in [0.25, 0.3) is 0 Å². The van der Waals surface area contributed by atoms with E-state index in [0.717, 1.165) is 37.1 Å². The van der Waals surface area contributed by atoms with Crippen LogP contribution >= 0.6 is 0 Å². The molecule has 1 saturated carbocycles. The first kappa shape index (κ1) is 14.2. The van der Waals surface area contributed by atoms with Gasteiger partial charge in [0.25, 0.3) is 0 Å². The first-order valence-electron chi connectivity index (χ1n) is 7.71. The Hall–Kier alpha value is -1.25. The van der Waals surface area contributed by atoms with E-state index in [-0.39, 0.29) is 0 Å². The Labute approximate surface area is 117 Å². The van der Waals surface area contributed by atoms with Crippen LogP contribution in [0.5, 0.6) is 0 Å². The lowest BCUT2D eigenvalue weighted by Crippen LogP contribution is -2.27. The maximum absolute atomic E-state index is 4.69. The Morgan fingerprint density at radius 3 is 2.79 bits per heavy atom. The van der Waals surface area contributed by atoms with E-state index in [9.17, 15) is 0 Å². The van der Waals surface area contributed by atoms with E-state index in [1.54, 1.807) is 0 Å². The molecule has 1 aromatic heterocycles. The summed E-state index contributed by atoms with van der Waals surface area (Å²) in [6, 6.07) is 6.26. The van der Waals surface area contributed by atoms with Crippen molar-refractivity contribution in [1.29, 1.82) is 0 Å². The first-order valence-corrected chi connectivity index (χ1v) is 7.71. The number of rotatable bonds is 6. The van der Waals surface area contributed by atoms with Crippen LogP contribution in [0.1, 0.15) is 45.4 Å². The highest BCUT2D eigenvalue weighted by Gasteiger charge is 2.16. The second-order valence-electron chi connectivity index (χ2n) is 5.69. The van der Waals surface area contributed by atoms with Crippen LogP contribution in [0.2, 0.25) is 0 Å². The predicted octanol–water partition coefficient (Wildman–Crippen LogP) is 3.92. The van der Waals surface area contributed by atoms with Crippen LogP contribution in [0, 0.1) is 5.92 Å². The maximum Gasteiger partial charge on any atom is 0.130 e. The number of anilines is 2. The molecule has 1 aliphatic rings. The molecule has 0 unspecified atom stereocenters. The summed E-state index contributed by atoms with van der Waals surface area (Å²) >= 11 is 0. The summed E-state index contributed by atoms with van der Waals surface area (Å²) in [5.41, 5.74) is 0. The first-order chi connectivity index (χ1) is 9.29. The fourth-order valence-electron chi connectivity index (χ4n) is 2.84. The number of nitrogens with one attached hydrogen (secondary N) is 1. The smallest absolute Gasteiger partial charge is 0.130 e. The van der Waals surface area contributed by atoms with Crippen molar-refractivity contribution in [3.8, 4) is 0 Å². The summed E-state index contributed by atoms with van der Waals surface area (Å²) in [5.74, 6) is 2.94. The number of hydrogen-bond acceptors (Lipinski definition) is 3. The normalized spacial score (nSPS) is 16.3. The average molecular weight is 261 g/mol. The minimum atomic E-state index is 0.854. The Morgan fingerprint density at radius 1 is 1.26 bits per heavy atom. The third kappa shape index (κ3) is 4.41. The minimum absolute atomic E-state index is 0.854. The Balaban J connectivity index is 1.91. The molecule has 0 radical (unpaired) electrons. The molecule has 1 N–H and O–H groups in total. The Kier molecular flexibility index (Phi) is 5.49. The van der Waals surface area contributed by atoms with Gasteiger partial charge in [0.2, 0.25) is 0 Å². The van der Waals surface area contributed by atoms with Gasteiger partial charge in [0.1, 0.15) is 11.6 Å². The molecular weight excluding hydrogens is 234 g/mol. The fourth-order valence-corrected chi connectivity index (χ4v) is 2.84. The second-order valence-corrected chi connectivity index (χ2v) is 5.69. The molecule has 0 amide bonds. The van der Waals surface area contributed by atoms with Crippen LogP contribution in [-0.2, 0) is 0 Å². The highest BCUT2D eigenvalue weighted by Crippen LogP contribution is 2.25. The Bertz CT molecular complexity index is 372. The lowest BCUT2D eigenvalue weighted by atomic mass is 9.89. The number of nitrogens with zero attached hydrogens (tertiary/aromatic N) is 2. The van der Waals surface area contributed by atoms with E-state index in [1.807, 2.05) is 6.07 Å². The van der Waals surface area contributed by atoms with Gasteiger partial charge < -0.3 is 10.2 Å². The van der Waals surface area contributed by atoms with Gasteiger partial charge in [-0.2, -0.15) is 0 Å². The van der Waals surface area contributed by atoms with Crippen molar-refractivity contribution >= 4 is 11.6 Å².